The zero-order chi connectivity index (χ0) is 18.6. The minimum Gasteiger partial charge on any atom is -0.441 e. The number of morpholine rings is 1. The molecule has 146 valence electrons. The highest BCUT2D eigenvalue weighted by Crippen LogP contribution is 2.29. The molecule has 3 aliphatic heterocycles. The lowest BCUT2D eigenvalue weighted by atomic mass is 10.1. The quantitative estimate of drug-likeness (QED) is 0.809. The first-order valence-corrected chi connectivity index (χ1v) is 9.10. The smallest absolute Gasteiger partial charge is 0.412 e. The van der Waals surface area contributed by atoms with E-state index in [4.69, 9.17) is 18.9 Å². The third kappa shape index (κ3) is 4.15. The van der Waals surface area contributed by atoms with Gasteiger partial charge in [0.1, 0.15) is 12.2 Å². The SMILES string of the molecule is O=C(Nc1ccccc1)O[C@H]1CO[C@@H]2[C@@H]1OC[C@@H]2NC(=O)N1CCOCC1. The molecule has 2 N–H and O–H groups in total. The van der Waals surface area contributed by atoms with Crippen LogP contribution in [-0.2, 0) is 18.9 Å². The van der Waals surface area contributed by atoms with Crippen molar-refractivity contribution in [2.75, 3.05) is 44.8 Å². The average molecular weight is 377 g/mol. The van der Waals surface area contributed by atoms with E-state index in [1.54, 1.807) is 17.0 Å². The van der Waals surface area contributed by atoms with Crippen molar-refractivity contribution >= 4 is 17.8 Å². The molecule has 3 saturated heterocycles. The summed E-state index contributed by atoms with van der Waals surface area (Å²) >= 11 is 0. The molecule has 0 bridgehead atoms. The van der Waals surface area contributed by atoms with Crippen molar-refractivity contribution in [3.05, 3.63) is 30.3 Å². The Kier molecular flexibility index (Phi) is 5.42. The number of urea groups is 1. The first-order chi connectivity index (χ1) is 13.2. The minimum absolute atomic E-state index is 0.151. The van der Waals surface area contributed by atoms with Gasteiger partial charge < -0.3 is 29.2 Å². The van der Waals surface area contributed by atoms with Gasteiger partial charge in [-0.1, -0.05) is 18.2 Å². The van der Waals surface area contributed by atoms with E-state index in [9.17, 15) is 9.59 Å². The van der Waals surface area contributed by atoms with Gasteiger partial charge in [-0.3, -0.25) is 5.32 Å². The molecule has 0 unspecified atom stereocenters. The number of amides is 3. The standard InChI is InChI=1S/C18H23N3O6/c22-17(21-6-8-24-9-7-21)20-13-10-25-16-14(11-26-15(13)16)27-18(23)19-12-4-2-1-3-5-12/h1-5,13-16H,6-11H2,(H,19,23)(H,20,22)/t13-,14-,15-,16+/m0/s1. The van der Waals surface area contributed by atoms with Crippen molar-refractivity contribution in [3.8, 4) is 0 Å². The maximum absolute atomic E-state index is 12.4. The van der Waals surface area contributed by atoms with Gasteiger partial charge in [0, 0.05) is 18.8 Å². The second-order valence-electron chi connectivity index (χ2n) is 6.69. The van der Waals surface area contributed by atoms with Crippen LogP contribution in [0.1, 0.15) is 0 Å². The van der Waals surface area contributed by atoms with Gasteiger partial charge in [-0.2, -0.15) is 0 Å². The van der Waals surface area contributed by atoms with Gasteiger partial charge in [0.05, 0.1) is 32.5 Å². The predicted molar refractivity (Wildman–Crippen MR) is 94.5 cm³/mol. The minimum atomic E-state index is -0.556. The van der Waals surface area contributed by atoms with Crippen molar-refractivity contribution in [3.63, 3.8) is 0 Å². The number of rotatable bonds is 3. The molecule has 27 heavy (non-hydrogen) atoms. The molecule has 0 radical (unpaired) electrons. The molecular weight excluding hydrogens is 354 g/mol. The third-order valence-corrected chi connectivity index (χ3v) is 4.89. The summed E-state index contributed by atoms with van der Waals surface area (Å²) in [7, 11) is 0. The van der Waals surface area contributed by atoms with Crippen LogP contribution in [0, 0.1) is 0 Å². The van der Waals surface area contributed by atoms with Crippen molar-refractivity contribution in [1.29, 1.82) is 0 Å². The highest BCUT2D eigenvalue weighted by molar-refractivity contribution is 5.84. The van der Waals surface area contributed by atoms with Crippen LogP contribution in [0.4, 0.5) is 15.3 Å². The third-order valence-electron chi connectivity index (χ3n) is 4.89. The molecule has 1 aromatic carbocycles. The highest BCUT2D eigenvalue weighted by Gasteiger charge is 2.50. The van der Waals surface area contributed by atoms with Gasteiger partial charge in [-0.15, -0.1) is 0 Å². The maximum atomic E-state index is 12.4. The number of benzene rings is 1. The van der Waals surface area contributed by atoms with Gasteiger partial charge in [0.15, 0.2) is 6.10 Å². The molecule has 9 heteroatoms. The Morgan fingerprint density at radius 3 is 2.56 bits per heavy atom. The van der Waals surface area contributed by atoms with E-state index in [1.165, 1.54) is 0 Å². The molecular formula is C18H23N3O6. The molecule has 9 nitrogen and oxygen atoms in total. The highest BCUT2D eigenvalue weighted by atomic mass is 16.6. The summed E-state index contributed by atoms with van der Waals surface area (Å²) in [5.74, 6) is 0. The summed E-state index contributed by atoms with van der Waals surface area (Å²) < 4.78 is 22.2. The molecule has 0 aromatic heterocycles. The number of carbonyl (C=O) groups excluding carboxylic acids is 2. The van der Waals surface area contributed by atoms with Crippen molar-refractivity contribution < 1.29 is 28.5 Å². The Labute approximate surface area is 156 Å². The van der Waals surface area contributed by atoms with E-state index in [0.29, 0.717) is 38.6 Å². The number of nitrogens with one attached hydrogen (secondary N) is 2. The lowest BCUT2D eigenvalue weighted by molar-refractivity contribution is 0.00852. The molecule has 3 fully saturated rings. The van der Waals surface area contributed by atoms with Gasteiger partial charge in [0.25, 0.3) is 0 Å². The fourth-order valence-corrected chi connectivity index (χ4v) is 3.51. The summed E-state index contributed by atoms with van der Waals surface area (Å²) in [6, 6.07) is 8.65. The molecule has 0 aliphatic carbocycles. The number of hydrogen-bond acceptors (Lipinski definition) is 6. The van der Waals surface area contributed by atoms with Crippen LogP contribution in [0.2, 0.25) is 0 Å². The molecule has 0 spiro atoms. The number of ether oxygens (including phenoxy) is 4. The molecule has 3 aliphatic rings. The van der Waals surface area contributed by atoms with E-state index in [-0.39, 0.29) is 30.9 Å². The van der Waals surface area contributed by atoms with E-state index in [1.807, 2.05) is 18.2 Å². The summed E-state index contributed by atoms with van der Waals surface area (Å²) in [5.41, 5.74) is 0.654. The zero-order valence-corrected chi connectivity index (χ0v) is 14.8. The topological polar surface area (TPSA) is 98.4 Å². The Morgan fingerprint density at radius 1 is 1.04 bits per heavy atom. The van der Waals surface area contributed by atoms with Gasteiger partial charge in [-0.25, -0.2) is 9.59 Å². The number of carbonyl (C=O) groups is 2. The number of anilines is 1. The first kappa shape index (κ1) is 18.0. The van der Waals surface area contributed by atoms with Crippen LogP contribution >= 0.6 is 0 Å². The van der Waals surface area contributed by atoms with E-state index in [0.717, 1.165) is 0 Å². The second-order valence-corrected chi connectivity index (χ2v) is 6.69. The van der Waals surface area contributed by atoms with Crippen LogP contribution in [-0.4, -0.2) is 80.9 Å². The maximum Gasteiger partial charge on any atom is 0.412 e. The molecule has 4 rings (SSSR count). The average Bonchev–Trinajstić information content (AvgIpc) is 3.27. The number of fused-ring (bicyclic) bond motifs is 1. The monoisotopic (exact) mass is 377 g/mol. The lowest BCUT2D eigenvalue weighted by Gasteiger charge is -2.29. The largest absolute Gasteiger partial charge is 0.441 e. The van der Waals surface area contributed by atoms with Gasteiger partial charge in [0.2, 0.25) is 0 Å². The molecule has 1 aromatic rings. The van der Waals surface area contributed by atoms with Crippen molar-refractivity contribution in [2.24, 2.45) is 0 Å². The Balaban J connectivity index is 1.28. The van der Waals surface area contributed by atoms with E-state index < -0.39 is 12.2 Å². The van der Waals surface area contributed by atoms with E-state index >= 15 is 0 Å². The van der Waals surface area contributed by atoms with Crippen LogP contribution in [0.15, 0.2) is 30.3 Å². The van der Waals surface area contributed by atoms with Crippen LogP contribution < -0.4 is 10.6 Å². The van der Waals surface area contributed by atoms with Crippen LogP contribution in [0.3, 0.4) is 0 Å². The molecule has 3 heterocycles. The normalized spacial score (nSPS) is 29.9. The van der Waals surface area contributed by atoms with Crippen LogP contribution in [0.25, 0.3) is 0 Å². The summed E-state index contributed by atoms with van der Waals surface area (Å²) in [6.45, 7) is 2.79. The summed E-state index contributed by atoms with van der Waals surface area (Å²) in [5, 5.41) is 5.63. The molecule has 3 amide bonds. The summed E-state index contributed by atoms with van der Waals surface area (Å²) in [4.78, 5) is 26.2. The second kappa shape index (κ2) is 8.12. The van der Waals surface area contributed by atoms with E-state index in [2.05, 4.69) is 10.6 Å². The van der Waals surface area contributed by atoms with Gasteiger partial charge in [-0.05, 0) is 12.1 Å². The van der Waals surface area contributed by atoms with Crippen LogP contribution in [0.5, 0.6) is 0 Å². The zero-order valence-electron chi connectivity index (χ0n) is 14.8. The van der Waals surface area contributed by atoms with Gasteiger partial charge >= 0.3 is 12.1 Å². The predicted octanol–water partition coefficient (Wildman–Crippen LogP) is 0.812. The lowest BCUT2D eigenvalue weighted by Crippen LogP contribution is -2.52. The van der Waals surface area contributed by atoms with Crippen molar-refractivity contribution in [1.82, 2.24) is 10.2 Å². The molecule has 0 saturated carbocycles. The Morgan fingerprint density at radius 2 is 1.78 bits per heavy atom. The Bertz CT molecular complexity index is 666. The first-order valence-electron chi connectivity index (χ1n) is 9.10. The Hall–Kier alpha value is -2.36. The number of para-hydroxylation sites is 1. The number of nitrogens with zero attached hydrogens (tertiary/aromatic N) is 1. The molecule has 4 atom stereocenters. The number of hydrogen-bond donors (Lipinski definition) is 2. The summed E-state index contributed by atoms with van der Waals surface area (Å²) in [6.07, 6.45) is -1.78. The fraction of sp³-hybridized carbons (Fsp3) is 0.556. The fourth-order valence-electron chi connectivity index (χ4n) is 3.51. The van der Waals surface area contributed by atoms with Crippen molar-refractivity contribution in [2.45, 2.75) is 24.4 Å².